The first-order chi connectivity index (χ1) is 10.5. The molecule has 0 bridgehead atoms. The van der Waals surface area contributed by atoms with Gasteiger partial charge in [0.05, 0.1) is 12.8 Å². The van der Waals surface area contributed by atoms with Crippen LogP contribution in [-0.2, 0) is 0 Å². The number of nitrogens with one attached hydrogen (secondary N) is 2. The summed E-state index contributed by atoms with van der Waals surface area (Å²) in [6.45, 7) is 5.16. The first kappa shape index (κ1) is 15.2. The van der Waals surface area contributed by atoms with E-state index in [0.717, 1.165) is 0 Å². The number of anilines is 2. The number of carbonyl (C=O) groups is 1. The largest absolute Gasteiger partial charge is 0.488 e. The van der Waals surface area contributed by atoms with Gasteiger partial charge in [-0.05, 0) is 13.0 Å². The summed E-state index contributed by atoms with van der Waals surface area (Å²) < 4.78 is 9.92. The molecule has 0 radical (unpaired) electrons. The van der Waals surface area contributed by atoms with Gasteiger partial charge < -0.3 is 19.8 Å². The molecule has 8 nitrogen and oxygen atoms in total. The lowest BCUT2D eigenvalue weighted by Gasteiger charge is -2.10. The minimum Gasteiger partial charge on any atom is -0.488 e. The van der Waals surface area contributed by atoms with Crippen LogP contribution in [0.2, 0.25) is 0 Å². The van der Waals surface area contributed by atoms with Crippen LogP contribution in [0, 0.1) is 0 Å². The molecule has 2 aromatic heterocycles. The molecule has 0 aliphatic rings. The van der Waals surface area contributed by atoms with Gasteiger partial charge in [-0.3, -0.25) is 4.79 Å². The number of rotatable bonds is 5. The molecule has 0 aliphatic carbocycles. The van der Waals surface area contributed by atoms with Crippen LogP contribution in [0.1, 0.15) is 17.5 Å². The van der Waals surface area contributed by atoms with E-state index in [0.29, 0.717) is 5.70 Å². The van der Waals surface area contributed by atoms with Crippen molar-refractivity contribution in [3.05, 3.63) is 53.0 Å². The van der Waals surface area contributed by atoms with Gasteiger partial charge in [-0.1, -0.05) is 6.58 Å². The molecule has 0 aromatic carbocycles. The Morgan fingerprint density at radius 2 is 2.05 bits per heavy atom. The number of hydrogen-bond acceptors (Lipinski definition) is 7. The van der Waals surface area contributed by atoms with Crippen LogP contribution in [0.15, 0.2) is 46.0 Å². The number of ether oxygens (including phenoxy) is 1. The van der Waals surface area contributed by atoms with E-state index in [2.05, 4.69) is 27.2 Å². The van der Waals surface area contributed by atoms with Crippen molar-refractivity contribution in [2.45, 2.75) is 6.92 Å². The molecule has 0 atom stereocenters. The highest BCUT2D eigenvalue weighted by Gasteiger charge is 2.17. The highest BCUT2D eigenvalue weighted by atomic mass is 16.5. The van der Waals surface area contributed by atoms with E-state index in [9.17, 15) is 9.59 Å². The molecule has 2 N–H and O–H groups in total. The number of hydrogen-bond donors (Lipinski definition) is 2. The second-order valence-electron chi connectivity index (χ2n) is 4.28. The first-order valence-corrected chi connectivity index (χ1v) is 6.24. The van der Waals surface area contributed by atoms with E-state index in [1.807, 2.05) is 0 Å². The Labute approximate surface area is 125 Å². The number of amides is 1. The maximum atomic E-state index is 11.9. The van der Waals surface area contributed by atoms with Crippen LogP contribution in [0.25, 0.3) is 0 Å². The average molecular weight is 302 g/mol. The number of carbonyl (C=O) groups excluding carboxylic acids is 1. The fourth-order valence-electron chi connectivity index (χ4n) is 1.62. The lowest BCUT2D eigenvalue weighted by molar-refractivity contribution is 0.0933. The van der Waals surface area contributed by atoms with Crippen molar-refractivity contribution in [3.8, 4) is 5.75 Å². The predicted octanol–water partition coefficient (Wildman–Crippen LogP) is 1.45. The van der Waals surface area contributed by atoms with E-state index in [-0.39, 0.29) is 23.1 Å². The van der Waals surface area contributed by atoms with Crippen molar-refractivity contribution in [2.75, 3.05) is 12.4 Å². The van der Waals surface area contributed by atoms with Gasteiger partial charge in [-0.2, -0.15) is 0 Å². The van der Waals surface area contributed by atoms with E-state index in [1.54, 1.807) is 13.0 Å². The molecule has 0 spiro atoms. The zero-order chi connectivity index (χ0) is 16.1. The Kier molecular flexibility index (Phi) is 4.52. The lowest BCUT2D eigenvalue weighted by Crippen LogP contribution is -2.22. The van der Waals surface area contributed by atoms with Crippen molar-refractivity contribution >= 4 is 17.5 Å². The first-order valence-electron chi connectivity index (χ1n) is 6.24. The minimum atomic E-state index is -0.796. The summed E-state index contributed by atoms with van der Waals surface area (Å²) in [4.78, 5) is 31.8. The Balaban J connectivity index is 2.42. The average Bonchev–Trinajstić information content (AvgIpc) is 2.47. The zero-order valence-electron chi connectivity index (χ0n) is 12.0. The minimum absolute atomic E-state index is 0.0840. The van der Waals surface area contributed by atoms with E-state index in [1.165, 1.54) is 25.6 Å². The van der Waals surface area contributed by atoms with Crippen LogP contribution >= 0.6 is 0 Å². The smallest absolute Gasteiger partial charge is 0.381 e. The van der Waals surface area contributed by atoms with Gasteiger partial charge in [0.15, 0.2) is 5.76 Å². The number of aromatic nitrogens is 2. The molecule has 114 valence electrons. The third-order valence-corrected chi connectivity index (χ3v) is 2.48. The standard InChI is InChI=1S/C14H14N4O4/c1-8(2)17-12(19)10-7-9(11(21-3)13(20)22-10)18-14-15-5-4-6-16-14/h4-7H,1H2,2-3H3,(H,17,19)(H,15,16,18). The molecule has 1 amide bonds. The highest BCUT2D eigenvalue weighted by Crippen LogP contribution is 2.23. The van der Waals surface area contributed by atoms with Crippen LogP contribution < -0.4 is 21.0 Å². The van der Waals surface area contributed by atoms with Crippen molar-refractivity contribution in [2.24, 2.45) is 0 Å². The van der Waals surface area contributed by atoms with Crippen LogP contribution in [0.4, 0.5) is 11.6 Å². The number of allylic oxidation sites excluding steroid dienone is 1. The summed E-state index contributed by atoms with van der Waals surface area (Å²) in [5.41, 5.74) is -0.156. The van der Waals surface area contributed by atoms with Crippen molar-refractivity contribution in [1.29, 1.82) is 0 Å². The quantitative estimate of drug-likeness (QED) is 0.860. The molecule has 0 unspecified atom stereocenters. The predicted molar refractivity (Wildman–Crippen MR) is 79.1 cm³/mol. The van der Waals surface area contributed by atoms with E-state index < -0.39 is 11.5 Å². The third kappa shape index (κ3) is 3.48. The Hall–Kier alpha value is -3.16. The molecule has 0 fully saturated rings. The molecule has 22 heavy (non-hydrogen) atoms. The highest BCUT2D eigenvalue weighted by molar-refractivity contribution is 5.93. The Morgan fingerprint density at radius 1 is 1.36 bits per heavy atom. The fourth-order valence-corrected chi connectivity index (χ4v) is 1.62. The molecule has 2 heterocycles. The molecule has 8 heteroatoms. The molecular formula is C14H14N4O4. The molecule has 0 saturated carbocycles. The van der Waals surface area contributed by atoms with E-state index >= 15 is 0 Å². The molecule has 2 rings (SSSR count). The van der Waals surface area contributed by atoms with Gasteiger partial charge in [0.1, 0.15) is 0 Å². The third-order valence-electron chi connectivity index (χ3n) is 2.48. The number of methoxy groups -OCH3 is 1. The molecule has 0 saturated heterocycles. The zero-order valence-corrected chi connectivity index (χ0v) is 12.0. The van der Waals surface area contributed by atoms with Crippen molar-refractivity contribution in [3.63, 3.8) is 0 Å². The maximum absolute atomic E-state index is 11.9. The van der Waals surface area contributed by atoms with Gasteiger partial charge in [0.25, 0.3) is 5.91 Å². The second-order valence-corrected chi connectivity index (χ2v) is 4.28. The fraction of sp³-hybridized carbons (Fsp3) is 0.143. The normalized spacial score (nSPS) is 9.91. The summed E-state index contributed by atoms with van der Waals surface area (Å²) in [6.07, 6.45) is 3.06. The molecular weight excluding hydrogens is 288 g/mol. The van der Waals surface area contributed by atoms with Gasteiger partial charge in [-0.15, -0.1) is 0 Å². The van der Waals surface area contributed by atoms with E-state index in [4.69, 9.17) is 9.15 Å². The topological polar surface area (TPSA) is 106 Å². The van der Waals surface area contributed by atoms with Crippen molar-refractivity contribution < 1.29 is 13.9 Å². The van der Waals surface area contributed by atoms with Gasteiger partial charge in [-0.25, -0.2) is 14.8 Å². The number of nitrogens with zero attached hydrogens (tertiary/aromatic N) is 2. The van der Waals surface area contributed by atoms with Gasteiger partial charge in [0.2, 0.25) is 11.7 Å². The summed E-state index contributed by atoms with van der Waals surface area (Å²) in [5.74, 6) is -0.617. The Bertz CT molecular complexity index is 755. The van der Waals surface area contributed by atoms with Gasteiger partial charge in [0, 0.05) is 24.2 Å². The second kappa shape index (κ2) is 6.53. The van der Waals surface area contributed by atoms with Crippen LogP contribution in [-0.4, -0.2) is 23.0 Å². The van der Waals surface area contributed by atoms with Gasteiger partial charge >= 0.3 is 5.63 Å². The maximum Gasteiger partial charge on any atom is 0.381 e. The summed E-state index contributed by atoms with van der Waals surface area (Å²) in [6, 6.07) is 2.97. The monoisotopic (exact) mass is 302 g/mol. The summed E-state index contributed by atoms with van der Waals surface area (Å²) in [7, 11) is 1.32. The SMILES string of the molecule is C=C(C)NC(=O)c1cc(Nc2ncccn2)c(OC)c(=O)o1. The summed E-state index contributed by atoms with van der Waals surface area (Å²) >= 11 is 0. The Morgan fingerprint density at radius 3 is 2.64 bits per heavy atom. The lowest BCUT2D eigenvalue weighted by atomic mass is 10.3. The molecule has 0 aliphatic heterocycles. The van der Waals surface area contributed by atoms with Crippen LogP contribution in [0.3, 0.4) is 0 Å². The van der Waals surface area contributed by atoms with Crippen molar-refractivity contribution in [1.82, 2.24) is 15.3 Å². The van der Waals surface area contributed by atoms with Crippen LogP contribution in [0.5, 0.6) is 5.75 Å². The summed E-state index contributed by atoms with van der Waals surface area (Å²) in [5, 5.41) is 5.25. The molecule has 2 aromatic rings.